The highest BCUT2D eigenvalue weighted by atomic mass is 32.2. The highest BCUT2D eigenvalue weighted by Gasteiger charge is 2.55. The molecule has 0 bridgehead atoms. The molecular formula is C30H16F14OS. The van der Waals surface area contributed by atoms with Crippen molar-refractivity contribution >= 4 is 10.8 Å². The minimum Gasteiger partial charge on any atom is -0.258 e. The third-order valence-electron chi connectivity index (χ3n) is 6.93. The number of alkyl halides is 6. The van der Waals surface area contributed by atoms with Gasteiger partial charge < -0.3 is 0 Å². The van der Waals surface area contributed by atoms with Gasteiger partial charge in [0.15, 0.2) is 45.4 Å². The van der Waals surface area contributed by atoms with Gasteiger partial charge in [0.25, 0.3) is 0 Å². The van der Waals surface area contributed by atoms with Crippen LogP contribution in [0.2, 0.25) is 0 Å². The topological polar surface area (TPSA) is 17.1 Å². The van der Waals surface area contributed by atoms with E-state index < -0.39 is 125 Å². The molecule has 46 heavy (non-hydrogen) atoms. The number of hydrogen-bond donors (Lipinski definition) is 0. The normalized spacial score (nSPS) is 14.3. The average Bonchev–Trinajstić information content (AvgIpc) is 2.91. The fraction of sp³-hybridized carbons (Fsp3) is 0.200. The van der Waals surface area contributed by atoms with Crippen molar-refractivity contribution in [1.82, 2.24) is 0 Å². The van der Waals surface area contributed by atoms with Crippen molar-refractivity contribution in [3.8, 4) is 22.3 Å². The van der Waals surface area contributed by atoms with Crippen molar-refractivity contribution in [2.45, 2.75) is 36.7 Å². The van der Waals surface area contributed by atoms with E-state index in [1.165, 1.54) is 0 Å². The molecule has 4 aromatic rings. The van der Waals surface area contributed by atoms with E-state index in [1.807, 2.05) is 0 Å². The van der Waals surface area contributed by atoms with Crippen LogP contribution in [0.25, 0.3) is 22.3 Å². The van der Waals surface area contributed by atoms with Crippen molar-refractivity contribution in [3.63, 3.8) is 0 Å². The number of hydrogen-bond acceptors (Lipinski definition) is 1. The van der Waals surface area contributed by atoms with E-state index in [-0.39, 0.29) is 36.4 Å². The molecule has 246 valence electrons. The molecule has 0 spiro atoms. The summed E-state index contributed by atoms with van der Waals surface area (Å²) in [4.78, 5) is 0. The standard InChI is InChI=1S/C30H16F14OS/c1-11-3-19(31)17(13-5-21(33)25(37)22(34)6-13)9-15(11)27(29(39,40)41)46(45)28(30(42,43)44)16-10-18(20(32)4-12(16)2)14-7-23(35)26(38)24(36)8-14/h3-10,27-28H,1-2H3. The lowest BCUT2D eigenvalue weighted by Crippen LogP contribution is -2.35. The Labute approximate surface area is 252 Å². The summed E-state index contributed by atoms with van der Waals surface area (Å²) in [5, 5.41) is -7.13. The van der Waals surface area contributed by atoms with Gasteiger partial charge in [-0.2, -0.15) is 26.3 Å². The van der Waals surface area contributed by atoms with Crippen molar-refractivity contribution in [2.24, 2.45) is 0 Å². The number of benzene rings is 4. The molecule has 2 unspecified atom stereocenters. The van der Waals surface area contributed by atoms with Crippen LogP contribution >= 0.6 is 0 Å². The highest BCUT2D eigenvalue weighted by molar-refractivity contribution is 7.85. The molecule has 0 amide bonds. The van der Waals surface area contributed by atoms with Crippen LogP contribution in [0.15, 0.2) is 48.5 Å². The molecular weight excluding hydrogens is 674 g/mol. The van der Waals surface area contributed by atoms with E-state index in [1.54, 1.807) is 0 Å². The van der Waals surface area contributed by atoms with Crippen LogP contribution in [0, 0.1) is 60.4 Å². The molecule has 0 saturated heterocycles. The summed E-state index contributed by atoms with van der Waals surface area (Å²) in [6.07, 6.45) is -11.5. The molecule has 1 nitrogen and oxygen atoms in total. The first kappa shape index (κ1) is 34.9. The van der Waals surface area contributed by atoms with Crippen LogP contribution in [-0.4, -0.2) is 16.6 Å². The summed E-state index contributed by atoms with van der Waals surface area (Å²) < 4.78 is 213. The predicted molar refractivity (Wildman–Crippen MR) is 139 cm³/mol. The molecule has 0 radical (unpaired) electrons. The maximum atomic E-state index is 14.8. The second kappa shape index (κ2) is 12.3. The molecule has 0 aliphatic rings. The molecule has 4 aromatic carbocycles. The van der Waals surface area contributed by atoms with Gasteiger partial charge in [-0.3, -0.25) is 4.21 Å². The van der Waals surface area contributed by atoms with E-state index >= 15 is 0 Å². The van der Waals surface area contributed by atoms with Gasteiger partial charge in [-0.05, 0) is 95.8 Å². The summed E-state index contributed by atoms with van der Waals surface area (Å²) in [6.45, 7) is 1.65. The molecule has 2 atom stereocenters. The summed E-state index contributed by atoms with van der Waals surface area (Å²) in [5.74, 6) is -14.3. The Morgan fingerprint density at radius 1 is 0.478 bits per heavy atom. The average molecular weight is 690 g/mol. The van der Waals surface area contributed by atoms with Gasteiger partial charge >= 0.3 is 12.4 Å². The number of halogens is 14. The Hall–Kier alpha value is -3.95. The lowest BCUT2D eigenvalue weighted by atomic mass is 9.96. The third-order valence-corrected chi connectivity index (χ3v) is 8.90. The van der Waals surface area contributed by atoms with Gasteiger partial charge in [0, 0.05) is 11.1 Å². The quantitative estimate of drug-likeness (QED) is 0.145. The first-order chi connectivity index (χ1) is 21.1. The zero-order valence-corrected chi connectivity index (χ0v) is 23.7. The number of aryl methyl sites for hydroxylation is 2. The smallest absolute Gasteiger partial charge is 0.258 e. The van der Waals surface area contributed by atoms with Crippen LogP contribution < -0.4 is 0 Å². The third kappa shape index (κ3) is 6.62. The highest BCUT2D eigenvalue weighted by Crippen LogP contribution is 2.50. The lowest BCUT2D eigenvalue weighted by molar-refractivity contribution is -0.138. The monoisotopic (exact) mass is 690 g/mol. The zero-order chi connectivity index (χ0) is 34.6. The van der Waals surface area contributed by atoms with Gasteiger partial charge in [-0.25, -0.2) is 35.1 Å². The zero-order valence-electron chi connectivity index (χ0n) is 22.9. The molecule has 0 aliphatic heterocycles. The van der Waals surface area contributed by atoms with Crippen LogP contribution in [0.3, 0.4) is 0 Å². The maximum absolute atomic E-state index is 14.8. The first-order valence-corrected chi connectivity index (χ1v) is 13.8. The Morgan fingerprint density at radius 2 is 0.761 bits per heavy atom. The first-order valence-electron chi connectivity index (χ1n) is 12.6. The minimum absolute atomic E-state index is 0.221. The van der Waals surface area contributed by atoms with E-state index in [2.05, 4.69) is 0 Å². The maximum Gasteiger partial charge on any atom is 0.407 e. The van der Waals surface area contributed by atoms with Crippen LogP contribution in [0.5, 0.6) is 0 Å². The molecule has 16 heteroatoms. The minimum atomic E-state index is -5.77. The van der Waals surface area contributed by atoms with Crippen LogP contribution in [0.4, 0.5) is 61.5 Å². The Morgan fingerprint density at radius 3 is 1.02 bits per heavy atom. The SMILES string of the molecule is Cc1cc(F)c(-c2cc(F)c(F)c(F)c2)cc1C(S(=O)C(c1cc(-c2cc(F)c(F)c(F)c2)c(F)cc1C)C(F)(F)F)C(F)(F)F. The predicted octanol–water partition coefficient (Wildman–Crippen LogP) is 10.4. The number of rotatable bonds is 6. The van der Waals surface area contributed by atoms with Gasteiger partial charge in [-0.1, -0.05) is 0 Å². The molecule has 0 heterocycles. The summed E-state index contributed by atoms with van der Waals surface area (Å²) in [7, 11) is -4.14. The molecule has 0 aliphatic carbocycles. The van der Waals surface area contributed by atoms with Crippen molar-refractivity contribution in [2.75, 3.05) is 0 Å². The Kier molecular flexibility index (Phi) is 9.37. The lowest BCUT2D eigenvalue weighted by Gasteiger charge is -2.29. The Balaban J connectivity index is 1.96. The van der Waals surface area contributed by atoms with E-state index in [9.17, 15) is 65.7 Å². The van der Waals surface area contributed by atoms with Crippen molar-refractivity contribution in [1.29, 1.82) is 0 Å². The van der Waals surface area contributed by atoms with Crippen LogP contribution in [-0.2, 0) is 10.8 Å². The van der Waals surface area contributed by atoms with Gasteiger partial charge in [0.1, 0.15) is 11.6 Å². The molecule has 4 rings (SSSR count). The van der Waals surface area contributed by atoms with Gasteiger partial charge in [0.2, 0.25) is 0 Å². The summed E-state index contributed by atoms with van der Waals surface area (Å²) in [6, 6.07) is 2.18. The fourth-order valence-electron chi connectivity index (χ4n) is 4.81. The molecule has 0 saturated carbocycles. The van der Waals surface area contributed by atoms with Gasteiger partial charge in [0.05, 0.1) is 10.8 Å². The van der Waals surface area contributed by atoms with Crippen molar-refractivity contribution < 1.29 is 65.7 Å². The second-order valence-corrected chi connectivity index (χ2v) is 11.7. The van der Waals surface area contributed by atoms with E-state index in [0.717, 1.165) is 13.8 Å². The fourth-order valence-corrected chi connectivity index (χ4v) is 6.62. The summed E-state index contributed by atoms with van der Waals surface area (Å²) >= 11 is 0. The molecule has 0 aromatic heterocycles. The van der Waals surface area contributed by atoms with Gasteiger partial charge in [-0.15, -0.1) is 0 Å². The molecule has 0 N–H and O–H groups in total. The molecule has 0 fully saturated rings. The van der Waals surface area contributed by atoms with E-state index in [4.69, 9.17) is 0 Å². The Bertz CT molecular complexity index is 1680. The summed E-state index contributed by atoms with van der Waals surface area (Å²) in [5.41, 5.74) is -7.50. The second-order valence-electron chi connectivity index (χ2n) is 10.1. The van der Waals surface area contributed by atoms with Crippen LogP contribution in [0.1, 0.15) is 32.8 Å². The largest absolute Gasteiger partial charge is 0.407 e. The van der Waals surface area contributed by atoms with E-state index in [0.29, 0.717) is 12.1 Å². The van der Waals surface area contributed by atoms with Crippen molar-refractivity contribution in [3.05, 3.63) is 117 Å².